The molecule has 68 heavy (non-hydrogen) atoms. The maximum absolute atomic E-state index is 12.8. The third-order valence-corrected chi connectivity index (χ3v) is 13.0. The molecule has 0 bridgehead atoms. The molecule has 362 valence electrons. The number of hydrogen-bond donors (Lipinski definition) is 7. The molecule has 3 aliphatic heterocycles. The number of para-hydroxylation sites is 2. The predicted octanol–water partition coefficient (Wildman–Crippen LogP) is 1.33. The maximum atomic E-state index is 12.8. The lowest BCUT2D eigenvalue weighted by atomic mass is 10.1. The number of aliphatic hydroxyl groups excluding tert-OH is 2. The number of pyridine rings is 1. The van der Waals surface area contributed by atoms with Gasteiger partial charge in [0.25, 0.3) is 0 Å². The number of nitrogens with zero attached hydrogens (tertiary/aromatic N) is 7. The number of ether oxygens (including phenoxy) is 6. The van der Waals surface area contributed by atoms with Crippen molar-refractivity contribution in [1.29, 1.82) is 0 Å². The first-order valence-corrected chi connectivity index (χ1v) is 23.9. The highest BCUT2D eigenvalue weighted by molar-refractivity contribution is 7.92. The Balaban J connectivity index is 0.000000187. The van der Waals surface area contributed by atoms with Crippen molar-refractivity contribution in [3.8, 4) is 11.5 Å². The van der Waals surface area contributed by atoms with Crippen LogP contribution in [-0.2, 0) is 43.7 Å². The van der Waals surface area contributed by atoms with Crippen LogP contribution >= 0.6 is 0 Å². The molecule has 6 aromatic rings. The molecule has 0 aliphatic carbocycles. The SMILES string of the molecule is COCOc1ccccc1/C=C/S(=O)(=O)NC[C@H]1O[C@@H](n2cnc3c(N)ncnc32)C2OC(C)(C)O[C@H]21.Nc1ccnc2c1ncn2[C@@H]1O[C@H](CNS(=O)(=O)/C=C/c2ccccc2O)[C@H](O)C1O. The molecule has 0 saturated carbocycles. The van der Waals surface area contributed by atoms with E-state index in [1.54, 1.807) is 73.3 Å². The second-order valence-corrected chi connectivity index (χ2v) is 19.3. The molecule has 24 nitrogen and oxygen atoms in total. The van der Waals surface area contributed by atoms with Gasteiger partial charge in [0.1, 0.15) is 65.5 Å². The molecule has 4 aromatic heterocycles. The summed E-state index contributed by atoms with van der Waals surface area (Å²) < 4.78 is 92.6. The number of aromatic hydroxyl groups is 1. The van der Waals surface area contributed by atoms with E-state index in [4.69, 9.17) is 39.9 Å². The minimum Gasteiger partial charge on any atom is -0.507 e. The van der Waals surface area contributed by atoms with Gasteiger partial charge in [0.15, 0.2) is 42.1 Å². The molecule has 7 heterocycles. The van der Waals surface area contributed by atoms with Gasteiger partial charge in [0.2, 0.25) is 20.0 Å². The van der Waals surface area contributed by atoms with Crippen LogP contribution in [0.4, 0.5) is 11.5 Å². The monoisotopic (exact) mass is 979 g/mol. The normalized spacial score (nSPS) is 24.8. The lowest BCUT2D eigenvalue weighted by Gasteiger charge is -2.24. The highest BCUT2D eigenvalue weighted by atomic mass is 32.2. The summed E-state index contributed by atoms with van der Waals surface area (Å²) in [5.41, 5.74) is 14.8. The first kappa shape index (κ1) is 48.3. The number of imidazole rings is 2. The number of benzene rings is 2. The Morgan fingerprint density at radius 3 is 2.07 bits per heavy atom. The van der Waals surface area contributed by atoms with Crippen molar-refractivity contribution in [2.45, 2.75) is 68.7 Å². The first-order valence-electron chi connectivity index (χ1n) is 20.8. The second kappa shape index (κ2) is 19.8. The Morgan fingerprint density at radius 1 is 0.750 bits per heavy atom. The van der Waals surface area contributed by atoms with Gasteiger partial charge < -0.3 is 55.2 Å². The zero-order chi connectivity index (χ0) is 48.4. The molecule has 9 rings (SSSR count). The predicted molar refractivity (Wildman–Crippen MR) is 244 cm³/mol. The quantitative estimate of drug-likeness (QED) is 0.0714. The maximum Gasteiger partial charge on any atom is 0.233 e. The van der Waals surface area contributed by atoms with Crippen LogP contribution in [0, 0.1) is 0 Å². The van der Waals surface area contributed by atoms with Crippen LogP contribution in [0.3, 0.4) is 0 Å². The van der Waals surface area contributed by atoms with Crippen molar-refractivity contribution in [2.24, 2.45) is 0 Å². The number of hydrogen-bond acceptors (Lipinski definition) is 20. The van der Waals surface area contributed by atoms with Gasteiger partial charge in [0.05, 0.1) is 18.3 Å². The van der Waals surface area contributed by atoms with Crippen LogP contribution in [0.5, 0.6) is 11.5 Å². The van der Waals surface area contributed by atoms with Gasteiger partial charge in [-0.3, -0.25) is 9.13 Å². The van der Waals surface area contributed by atoms with Crippen LogP contribution in [0.1, 0.15) is 37.4 Å². The van der Waals surface area contributed by atoms with Gasteiger partial charge in [-0.1, -0.05) is 36.4 Å². The molecular weight excluding hydrogens is 931 g/mol. The second-order valence-electron chi connectivity index (χ2n) is 16.0. The number of rotatable bonds is 15. The Morgan fingerprint density at radius 2 is 1.35 bits per heavy atom. The Bertz CT molecular complexity index is 3040. The molecular formula is C42H49N11O13S2. The summed E-state index contributed by atoms with van der Waals surface area (Å²) in [6, 6.07) is 14.9. The third-order valence-electron chi connectivity index (χ3n) is 10.9. The van der Waals surface area contributed by atoms with Gasteiger partial charge in [0, 0.05) is 48.3 Å². The fourth-order valence-corrected chi connectivity index (χ4v) is 9.33. The van der Waals surface area contributed by atoms with E-state index in [9.17, 15) is 32.2 Å². The van der Waals surface area contributed by atoms with E-state index in [0.29, 0.717) is 44.9 Å². The van der Waals surface area contributed by atoms with Gasteiger partial charge in [-0.15, -0.1) is 0 Å². The Labute approximate surface area is 389 Å². The van der Waals surface area contributed by atoms with E-state index in [-0.39, 0.29) is 31.4 Å². The molecule has 0 radical (unpaired) electrons. The molecule has 3 fully saturated rings. The third kappa shape index (κ3) is 10.6. The van der Waals surface area contributed by atoms with Crippen molar-refractivity contribution >= 4 is 66.0 Å². The number of nitrogens with one attached hydrogen (secondary N) is 2. The van der Waals surface area contributed by atoms with Crippen molar-refractivity contribution in [3.63, 3.8) is 0 Å². The van der Waals surface area contributed by atoms with Gasteiger partial charge in [-0.2, -0.15) is 0 Å². The lowest BCUT2D eigenvalue weighted by Crippen LogP contribution is -2.39. The van der Waals surface area contributed by atoms with Gasteiger partial charge >= 0.3 is 0 Å². The van der Waals surface area contributed by atoms with E-state index in [0.717, 1.165) is 10.8 Å². The summed E-state index contributed by atoms with van der Waals surface area (Å²) in [5.74, 6) is -0.204. The van der Waals surface area contributed by atoms with E-state index in [1.165, 1.54) is 48.7 Å². The number of aliphatic hydroxyl groups is 2. The van der Waals surface area contributed by atoms with Crippen LogP contribution in [-0.4, -0.2) is 136 Å². The molecule has 8 atom stereocenters. The number of anilines is 2. The number of nitrogen functional groups attached to an aromatic ring is 2. The average Bonchev–Trinajstić information content (AvgIpc) is 4.13. The first-order chi connectivity index (χ1) is 32.4. The fourth-order valence-electron chi connectivity index (χ4n) is 7.69. The van der Waals surface area contributed by atoms with Crippen LogP contribution in [0.2, 0.25) is 0 Å². The van der Waals surface area contributed by atoms with Crippen molar-refractivity contribution in [2.75, 3.05) is 38.5 Å². The van der Waals surface area contributed by atoms with Crippen LogP contribution < -0.4 is 25.6 Å². The summed E-state index contributed by atoms with van der Waals surface area (Å²) in [6.45, 7) is 3.30. The zero-order valence-electron chi connectivity index (χ0n) is 36.6. The number of aromatic nitrogens is 7. The minimum atomic E-state index is -3.90. The van der Waals surface area contributed by atoms with Gasteiger partial charge in [-0.05, 0) is 44.2 Å². The molecule has 0 amide bonds. The molecule has 3 aliphatic rings. The number of phenolic OH excluding ortho intramolecular Hbond substituents is 1. The number of phenols is 1. The summed E-state index contributed by atoms with van der Waals surface area (Å²) in [6.07, 6.45) is 1.34. The standard InChI is InChI=1S/C23H28N6O7S.C19H21N5O6S/c1-23(2)35-18-16(10-28-37(30,31)9-8-14-6-4-5-7-15(14)33-13-32-3)34-22(19(18)36-23)29-12-27-17-20(24)25-11-26-21(17)29;20-12-5-7-21-18-15(12)22-10-24(18)19-17(27)16(26)14(30-19)9-23-31(28,29)8-6-11-3-1-2-4-13(11)25/h4-9,11-12,16,18-19,22,28H,10,13H2,1-3H3,(H2,24,25,26);1-8,10,14,16-17,19,23,25-27H,9H2,(H2,20,21)/b9-8+;8-6+/t16-,18+,19?,22-;14-,16+,17?,19-/m11/s1. The summed E-state index contributed by atoms with van der Waals surface area (Å²) in [5, 5.41) is 32.5. The Kier molecular flexibility index (Phi) is 14.1. The summed E-state index contributed by atoms with van der Waals surface area (Å²) in [7, 11) is -6.22. The summed E-state index contributed by atoms with van der Waals surface area (Å²) >= 11 is 0. The fraction of sp³-hybridized carbons (Fsp3) is 0.357. The van der Waals surface area contributed by atoms with Crippen molar-refractivity contribution < 1.29 is 60.6 Å². The molecule has 26 heteroatoms. The van der Waals surface area contributed by atoms with Crippen molar-refractivity contribution in [3.05, 3.63) is 102 Å². The Hall–Kier alpha value is -6.17. The average molecular weight is 980 g/mol. The largest absolute Gasteiger partial charge is 0.507 e. The van der Waals surface area contributed by atoms with Gasteiger partial charge in [-0.25, -0.2) is 51.2 Å². The molecule has 2 unspecified atom stereocenters. The van der Waals surface area contributed by atoms with E-state index in [1.807, 2.05) is 0 Å². The molecule has 3 saturated heterocycles. The lowest BCUT2D eigenvalue weighted by molar-refractivity contribution is -0.195. The van der Waals surface area contributed by atoms with Crippen molar-refractivity contribution in [1.82, 2.24) is 43.5 Å². The molecule has 9 N–H and O–H groups in total. The minimum absolute atomic E-state index is 0.0435. The highest BCUT2D eigenvalue weighted by Gasteiger charge is 2.56. The van der Waals surface area contributed by atoms with E-state index >= 15 is 0 Å². The number of nitrogens with two attached hydrogens (primary N) is 2. The summed E-state index contributed by atoms with van der Waals surface area (Å²) in [4.78, 5) is 20.9. The van der Waals surface area contributed by atoms with Crippen LogP contribution in [0.15, 0.2) is 90.6 Å². The molecule has 2 aromatic carbocycles. The number of sulfonamides is 2. The number of methoxy groups -OCH3 is 1. The topological polar surface area (TPSA) is 335 Å². The van der Waals surface area contributed by atoms with E-state index in [2.05, 4.69) is 34.4 Å². The molecule has 0 spiro atoms. The highest BCUT2D eigenvalue weighted by Crippen LogP contribution is 2.44. The zero-order valence-corrected chi connectivity index (χ0v) is 38.2. The smallest absolute Gasteiger partial charge is 0.233 e. The van der Waals surface area contributed by atoms with E-state index < -0.39 is 74.9 Å². The number of fused-ring (bicyclic) bond motifs is 3. The van der Waals surface area contributed by atoms with Crippen LogP contribution in [0.25, 0.3) is 34.5 Å².